The van der Waals surface area contributed by atoms with E-state index < -0.39 is 0 Å². The van der Waals surface area contributed by atoms with Crippen LogP contribution in [0.1, 0.15) is 24.2 Å². The Balaban J connectivity index is 2.17. The van der Waals surface area contributed by atoms with Crippen LogP contribution < -0.4 is 4.74 Å². The standard InChI is InChI=1S/C15H16N2O/c1-12(14-8-3-4-9-15(14)18-2)17-11-13-7-5-6-10-16-13/h3-12H,1-2H3/t12-/m0/s1. The summed E-state index contributed by atoms with van der Waals surface area (Å²) in [6.07, 6.45) is 3.55. The van der Waals surface area contributed by atoms with Gasteiger partial charge in [-0.1, -0.05) is 24.3 Å². The molecule has 18 heavy (non-hydrogen) atoms. The van der Waals surface area contributed by atoms with E-state index in [-0.39, 0.29) is 6.04 Å². The summed E-state index contributed by atoms with van der Waals surface area (Å²) in [6, 6.07) is 13.7. The Morgan fingerprint density at radius 2 is 1.94 bits per heavy atom. The van der Waals surface area contributed by atoms with Crippen LogP contribution in [0.5, 0.6) is 5.75 Å². The van der Waals surface area contributed by atoms with Crippen molar-refractivity contribution >= 4 is 6.21 Å². The minimum Gasteiger partial charge on any atom is -0.496 e. The quantitative estimate of drug-likeness (QED) is 0.769. The summed E-state index contributed by atoms with van der Waals surface area (Å²) in [5, 5.41) is 0. The van der Waals surface area contributed by atoms with E-state index in [1.54, 1.807) is 19.5 Å². The van der Waals surface area contributed by atoms with Crippen molar-refractivity contribution in [1.82, 2.24) is 4.98 Å². The van der Waals surface area contributed by atoms with Gasteiger partial charge in [0.15, 0.2) is 0 Å². The number of pyridine rings is 1. The Bertz CT molecular complexity index is 523. The summed E-state index contributed by atoms with van der Waals surface area (Å²) in [7, 11) is 1.67. The fourth-order valence-electron chi connectivity index (χ4n) is 1.73. The molecule has 0 aliphatic carbocycles. The Hall–Kier alpha value is -2.16. The summed E-state index contributed by atoms with van der Waals surface area (Å²) >= 11 is 0. The smallest absolute Gasteiger partial charge is 0.124 e. The number of hydrogen-bond donors (Lipinski definition) is 0. The molecule has 92 valence electrons. The number of benzene rings is 1. The number of methoxy groups -OCH3 is 1. The van der Waals surface area contributed by atoms with Gasteiger partial charge in [0, 0.05) is 18.0 Å². The second-order valence-electron chi connectivity index (χ2n) is 3.95. The van der Waals surface area contributed by atoms with E-state index in [4.69, 9.17) is 4.74 Å². The number of ether oxygens (including phenoxy) is 1. The molecular weight excluding hydrogens is 224 g/mol. The largest absolute Gasteiger partial charge is 0.496 e. The minimum atomic E-state index is 0.0446. The molecule has 0 N–H and O–H groups in total. The van der Waals surface area contributed by atoms with Crippen LogP contribution in [0.3, 0.4) is 0 Å². The third kappa shape index (κ3) is 2.94. The Kier molecular flexibility index (Phi) is 4.07. The molecule has 1 aromatic carbocycles. The molecule has 0 aliphatic rings. The fraction of sp³-hybridized carbons (Fsp3) is 0.200. The lowest BCUT2D eigenvalue weighted by molar-refractivity contribution is 0.407. The molecule has 3 nitrogen and oxygen atoms in total. The number of rotatable bonds is 4. The van der Waals surface area contributed by atoms with Gasteiger partial charge in [0.25, 0.3) is 0 Å². The molecule has 3 heteroatoms. The molecule has 1 aromatic heterocycles. The van der Waals surface area contributed by atoms with Gasteiger partial charge in [-0.2, -0.15) is 0 Å². The average Bonchev–Trinajstić information content (AvgIpc) is 2.45. The predicted molar refractivity (Wildman–Crippen MR) is 73.2 cm³/mol. The highest BCUT2D eigenvalue weighted by molar-refractivity contribution is 5.76. The number of para-hydroxylation sites is 1. The molecule has 0 unspecified atom stereocenters. The number of hydrogen-bond acceptors (Lipinski definition) is 3. The molecule has 0 amide bonds. The summed E-state index contributed by atoms with van der Waals surface area (Å²) in [4.78, 5) is 8.71. The third-order valence-corrected chi connectivity index (χ3v) is 2.71. The van der Waals surface area contributed by atoms with E-state index >= 15 is 0 Å². The van der Waals surface area contributed by atoms with Crippen LogP contribution in [0.25, 0.3) is 0 Å². The van der Waals surface area contributed by atoms with Crippen molar-refractivity contribution in [2.24, 2.45) is 4.99 Å². The van der Waals surface area contributed by atoms with Crippen LogP contribution in [0.2, 0.25) is 0 Å². The van der Waals surface area contributed by atoms with Crippen LogP contribution in [0.15, 0.2) is 53.7 Å². The first kappa shape index (κ1) is 12.3. The van der Waals surface area contributed by atoms with Crippen molar-refractivity contribution in [3.05, 3.63) is 59.9 Å². The van der Waals surface area contributed by atoms with E-state index in [0.29, 0.717) is 0 Å². The Labute approximate surface area is 107 Å². The van der Waals surface area contributed by atoms with Crippen molar-refractivity contribution in [3.8, 4) is 5.75 Å². The molecule has 2 rings (SSSR count). The van der Waals surface area contributed by atoms with E-state index in [0.717, 1.165) is 17.0 Å². The van der Waals surface area contributed by atoms with E-state index in [1.807, 2.05) is 49.4 Å². The highest BCUT2D eigenvalue weighted by Gasteiger charge is 2.08. The van der Waals surface area contributed by atoms with Crippen molar-refractivity contribution in [2.45, 2.75) is 13.0 Å². The van der Waals surface area contributed by atoms with Gasteiger partial charge in [0.05, 0.1) is 18.8 Å². The van der Waals surface area contributed by atoms with E-state index in [1.165, 1.54) is 0 Å². The van der Waals surface area contributed by atoms with Gasteiger partial charge in [-0.05, 0) is 25.1 Å². The summed E-state index contributed by atoms with van der Waals surface area (Å²) in [5.41, 5.74) is 1.94. The molecule has 0 saturated heterocycles. The lowest BCUT2D eigenvalue weighted by atomic mass is 10.1. The average molecular weight is 240 g/mol. The SMILES string of the molecule is COc1ccccc1[C@H](C)N=Cc1ccccn1. The van der Waals surface area contributed by atoms with Crippen molar-refractivity contribution in [1.29, 1.82) is 0 Å². The third-order valence-electron chi connectivity index (χ3n) is 2.71. The monoisotopic (exact) mass is 240 g/mol. The predicted octanol–water partition coefficient (Wildman–Crippen LogP) is 3.27. The van der Waals surface area contributed by atoms with E-state index in [2.05, 4.69) is 9.98 Å². The first-order valence-electron chi connectivity index (χ1n) is 5.88. The van der Waals surface area contributed by atoms with Crippen molar-refractivity contribution in [3.63, 3.8) is 0 Å². The van der Waals surface area contributed by atoms with Gasteiger partial charge in [0.2, 0.25) is 0 Å². The van der Waals surface area contributed by atoms with Crippen LogP contribution in [-0.4, -0.2) is 18.3 Å². The van der Waals surface area contributed by atoms with Crippen molar-refractivity contribution < 1.29 is 4.74 Å². The Morgan fingerprint density at radius 3 is 2.67 bits per heavy atom. The van der Waals surface area contributed by atoms with Gasteiger partial charge in [-0.3, -0.25) is 9.98 Å². The van der Waals surface area contributed by atoms with Gasteiger partial charge < -0.3 is 4.74 Å². The second kappa shape index (κ2) is 5.96. The highest BCUT2D eigenvalue weighted by atomic mass is 16.5. The van der Waals surface area contributed by atoms with Crippen LogP contribution in [0.4, 0.5) is 0 Å². The molecule has 0 saturated carbocycles. The molecule has 0 radical (unpaired) electrons. The van der Waals surface area contributed by atoms with Gasteiger partial charge >= 0.3 is 0 Å². The summed E-state index contributed by atoms with van der Waals surface area (Å²) in [5.74, 6) is 0.864. The number of nitrogens with zero attached hydrogens (tertiary/aromatic N) is 2. The normalized spacial score (nSPS) is 12.6. The molecule has 1 heterocycles. The zero-order valence-corrected chi connectivity index (χ0v) is 10.6. The number of aliphatic imine (C=N–C) groups is 1. The molecule has 0 spiro atoms. The number of aromatic nitrogens is 1. The first-order chi connectivity index (χ1) is 8.81. The second-order valence-corrected chi connectivity index (χ2v) is 3.95. The zero-order chi connectivity index (χ0) is 12.8. The lowest BCUT2D eigenvalue weighted by Crippen LogP contribution is -1.96. The first-order valence-corrected chi connectivity index (χ1v) is 5.88. The van der Waals surface area contributed by atoms with E-state index in [9.17, 15) is 0 Å². The molecule has 1 atom stereocenters. The highest BCUT2D eigenvalue weighted by Crippen LogP contribution is 2.26. The Morgan fingerprint density at radius 1 is 1.17 bits per heavy atom. The maximum absolute atomic E-state index is 5.33. The van der Waals surface area contributed by atoms with Crippen LogP contribution in [0, 0.1) is 0 Å². The fourth-order valence-corrected chi connectivity index (χ4v) is 1.73. The topological polar surface area (TPSA) is 34.5 Å². The van der Waals surface area contributed by atoms with Gasteiger partial charge in [-0.15, -0.1) is 0 Å². The zero-order valence-electron chi connectivity index (χ0n) is 10.6. The van der Waals surface area contributed by atoms with Crippen LogP contribution >= 0.6 is 0 Å². The van der Waals surface area contributed by atoms with Crippen LogP contribution in [-0.2, 0) is 0 Å². The molecular formula is C15H16N2O. The minimum absolute atomic E-state index is 0.0446. The summed E-state index contributed by atoms with van der Waals surface area (Å²) in [6.45, 7) is 2.04. The summed E-state index contributed by atoms with van der Waals surface area (Å²) < 4.78 is 5.33. The lowest BCUT2D eigenvalue weighted by Gasteiger charge is -2.11. The van der Waals surface area contributed by atoms with Gasteiger partial charge in [0.1, 0.15) is 5.75 Å². The molecule has 2 aromatic rings. The van der Waals surface area contributed by atoms with Crippen molar-refractivity contribution in [2.75, 3.05) is 7.11 Å². The maximum Gasteiger partial charge on any atom is 0.124 e. The molecule has 0 bridgehead atoms. The molecule has 0 fully saturated rings. The van der Waals surface area contributed by atoms with Gasteiger partial charge in [-0.25, -0.2) is 0 Å². The maximum atomic E-state index is 5.33. The molecule has 0 aliphatic heterocycles.